The van der Waals surface area contributed by atoms with E-state index in [1.165, 1.54) is 25.0 Å². The summed E-state index contributed by atoms with van der Waals surface area (Å²) in [6.45, 7) is 1.86. The van der Waals surface area contributed by atoms with Crippen LogP contribution in [0.25, 0.3) is 0 Å². The number of nitrogens with zero attached hydrogens (tertiary/aromatic N) is 2. The van der Waals surface area contributed by atoms with Crippen LogP contribution < -0.4 is 4.90 Å². The normalized spacial score (nSPS) is 27.4. The van der Waals surface area contributed by atoms with Crippen LogP contribution >= 0.6 is 0 Å². The number of benzene rings is 1. The largest absolute Gasteiger partial charge is 0.370 e. The molecule has 2 bridgehead atoms. The van der Waals surface area contributed by atoms with E-state index in [2.05, 4.69) is 16.8 Å². The van der Waals surface area contributed by atoms with Crippen molar-refractivity contribution in [1.29, 1.82) is 0 Å². The van der Waals surface area contributed by atoms with Crippen molar-refractivity contribution in [1.82, 2.24) is 4.90 Å². The summed E-state index contributed by atoms with van der Waals surface area (Å²) in [5.41, 5.74) is 1.25. The molecule has 1 aromatic rings. The van der Waals surface area contributed by atoms with Crippen LogP contribution in [0.15, 0.2) is 18.2 Å². The van der Waals surface area contributed by atoms with E-state index in [-0.39, 0.29) is 5.82 Å². The molecule has 2 atom stereocenters. The highest BCUT2D eigenvalue weighted by molar-refractivity contribution is 5.77. The van der Waals surface area contributed by atoms with E-state index >= 15 is 0 Å². The van der Waals surface area contributed by atoms with Crippen LogP contribution in [0.3, 0.4) is 0 Å². The van der Waals surface area contributed by atoms with E-state index in [9.17, 15) is 9.18 Å². The zero-order chi connectivity index (χ0) is 13.4. The van der Waals surface area contributed by atoms with Gasteiger partial charge in [-0.1, -0.05) is 0 Å². The summed E-state index contributed by atoms with van der Waals surface area (Å²) in [6.07, 6.45) is 4.31. The summed E-state index contributed by atoms with van der Waals surface area (Å²) in [6, 6.07) is 5.82. The monoisotopic (exact) mass is 262 g/mol. The van der Waals surface area contributed by atoms with Crippen molar-refractivity contribution in [3.8, 4) is 0 Å². The molecule has 2 saturated heterocycles. The van der Waals surface area contributed by atoms with Gasteiger partial charge in [0.2, 0.25) is 0 Å². The average molecular weight is 262 g/mol. The van der Waals surface area contributed by atoms with Crippen molar-refractivity contribution in [2.45, 2.75) is 31.3 Å². The summed E-state index contributed by atoms with van der Waals surface area (Å²) in [5, 5.41) is 0. The van der Waals surface area contributed by atoms with E-state index in [4.69, 9.17) is 0 Å². The van der Waals surface area contributed by atoms with Crippen molar-refractivity contribution in [2.75, 3.05) is 25.0 Å². The van der Waals surface area contributed by atoms with Crippen molar-refractivity contribution in [2.24, 2.45) is 0 Å². The fourth-order valence-corrected chi connectivity index (χ4v) is 3.39. The van der Waals surface area contributed by atoms with Gasteiger partial charge in [-0.2, -0.15) is 0 Å². The maximum atomic E-state index is 13.5. The lowest BCUT2D eigenvalue weighted by Gasteiger charge is -2.27. The second kappa shape index (κ2) is 4.93. The van der Waals surface area contributed by atoms with E-state index in [1.54, 1.807) is 6.07 Å². The van der Waals surface area contributed by atoms with Crippen molar-refractivity contribution < 1.29 is 9.18 Å². The van der Waals surface area contributed by atoms with Crippen LogP contribution in [-0.4, -0.2) is 43.4 Å². The second-order valence-corrected chi connectivity index (χ2v) is 5.65. The first-order chi connectivity index (χ1) is 9.17. The highest BCUT2D eigenvalue weighted by Gasteiger charge is 2.34. The van der Waals surface area contributed by atoms with E-state index in [0.717, 1.165) is 25.2 Å². The molecule has 3 nitrogen and oxygen atoms in total. The highest BCUT2D eigenvalue weighted by Crippen LogP contribution is 2.31. The molecule has 0 spiro atoms. The van der Waals surface area contributed by atoms with Crippen LogP contribution in [0.5, 0.6) is 0 Å². The van der Waals surface area contributed by atoms with Gasteiger partial charge in [-0.15, -0.1) is 0 Å². The number of rotatable bonds is 2. The molecule has 0 saturated carbocycles. The Labute approximate surface area is 113 Å². The van der Waals surface area contributed by atoms with Crippen LogP contribution in [0.1, 0.15) is 29.6 Å². The molecule has 2 fully saturated rings. The molecule has 1 aromatic carbocycles. The maximum Gasteiger partial charge on any atom is 0.150 e. The first kappa shape index (κ1) is 12.6. The highest BCUT2D eigenvalue weighted by atomic mass is 19.1. The smallest absolute Gasteiger partial charge is 0.150 e. The molecule has 2 heterocycles. The molecule has 2 aliphatic heterocycles. The summed E-state index contributed by atoms with van der Waals surface area (Å²) in [7, 11) is 2.19. The van der Waals surface area contributed by atoms with Gasteiger partial charge >= 0.3 is 0 Å². The van der Waals surface area contributed by atoms with Crippen LogP contribution in [-0.2, 0) is 0 Å². The Bertz CT molecular complexity index is 491. The van der Waals surface area contributed by atoms with Crippen molar-refractivity contribution in [3.63, 3.8) is 0 Å². The first-order valence-corrected chi connectivity index (χ1v) is 6.90. The Hall–Kier alpha value is -1.42. The Morgan fingerprint density at radius 2 is 2.00 bits per heavy atom. The fraction of sp³-hybridized carbons (Fsp3) is 0.533. The number of carbonyl (C=O) groups excluding carboxylic acids is 1. The molecule has 2 unspecified atom stereocenters. The zero-order valence-electron chi connectivity index (χ0n) is 11.2. The minimum atomic E-state index is -0.331. The van der Waals surface area contributed by atoms with Gasteiger partial charge in [0.1, 0.15) is 12.1 Å². The van der Waals surface area contributed by atoms with Crippen molar-refractivity contribution in [3.05, 3.63) is 29.6 Å². The van der Waals surface area contributed by atoms with Gasteiger partial charge < -0.3 is 4.90 Å². The Kier molecular flexibility index (Phi) is 3.27. The molecule has 4 heteroatoms. The van der Waals surface area contributed by atoms with Crippen LogP contribution in [0.2, 0.25) is 0 Å². The van der Waals surface area contributed by atoms with Gasteiger partial charge in [0.05, 0.1) is 0 Å². The van der Waals surface area contributed by atoms with Crippen LogP contribution in [0.4, 0.5) is 10.1 Å². The number of hydrogen-bond acceptors (Lipinski definition) is 3. The third-order valence-corrected chi connectivity index (χ3v) is 4.55. The van der Waals surface area contributed by atoms with Gasteiger partial charge in [-0.05, 0) is 44.5 Å². The second-order valence-electron chi connectivity index (χ2n) is 5.65. The molecule has 0 N–H and O–H groups in total. The topological polar surface area (TPSA) is 23.6 Å². The number of anilines is 1. The Balaban J connectivity index is 1.86. The molecule has 0 radical (unpaired) electrons. The Morgan fingerprint density at radius 3 is 2.79 bits per heavy atom. The molecule has 19 heavy (non-hydrogen) atoms. The number of carbonyl (C=O) groups is 1. The van der Waals surface area contributed by atoms with Gasteiger partial charge in [0, 0.05) is 36.4 Å². The minimum absolute atomic E-state index is 0.331. The number of fused-ring (bicyclic) bond motifs is 2. The van der Waals surface area contributed by atoms with Gasteiger partial charge in [0.25, 0.3) is 0 Å². The predicted molar refractivity (Wildman–Crippen MR) is 73.2 cm³/mol. The molecule has 102 valence electrons. The van der Waals surface area contributed by atoms with Gasteiger partial charge in [-0.25, -0.2) is 4.39 Å². The quantitative estimate of drug-likeness (QED) is 0.764. The first-order valence-electron chi connectivity index (χ1n) is 6.90. The van der Waals surface area contributed by atoms with Crippen LogP contribution in [0, 0.1) is 5.82 Å². The Morgan fingerprint density at radius 1 is 1.21 bits per heavy atom. The number of halogens is 1. The van der Waals surface area contributed by atoms with Crippen molar-refractivity contribution >= 4 is 12.0 Å². The fourth-order valence-electron chi connectivity index (χ4n) is 3.39. The average Bonchev–Trinajstić information content (AvgIpc) is 2.62. The third kappa shape index (κ3) is 2.37. The third-order valence-electron chi connectivity index (χ3n) is 4.55. The minimum Gasteiger partial charge on any atom is -0.370 e. The summed E-state index contributed by atoms with van der Waals surface area (Å²) >= 11 is 0. The maximum absolute atomic E-state index is 13.5. The molecular weight excluding hydrogens is 243 g/mol. The lowest BCUT2D eigenvalue weighted by Crippen LogP contribution is -2.36. The predicted octanol–water partition coefficient (Wildman–Crippen LogP) is 2.31. The molecule has 0 amide bonds. The summed E-state index contributed by atoms with van der Waals surface area (Å²) < 4.78 is 13.5. The van der Waals surface area contributed by atoms with E-state index in [0.29, 0.717) is 23.9 Å². The molecule has 3 rings (SSSR count). The SMILES string of the molecule is CN1C2CCC1CN(c1cc(F)cc(C=O)c1)CC2. The standard InChI is InChI=1S/C15H19FN2O/c1-17-13-2-3-14(17)9-18(5-4-13)15-7-11(10-19)6-12(16)8-15/h6-8,10,13-14H,2-5,9H2,1H3. The summed E-state index contributed by atoms with van der Waals surface area (Å²) in [5.74, 6) is -0.331. The zero-order valence-corrected chi connectivity index (χ0v) is 11.2. The van der Waals surface area contributed by atoms with E-state index < -0.39 is 0 Å². The molecule has 2 aliphatic rings. The number of hydrogen-bond donors (Lipinski definition) is 0. The van der Waals surface area contributed by atoms with Gasteiger partial charge in [0.15, 0.2) is 0 Å². The van der Waals surface area contributed by atoms with E-state index in [1.807, 2.05) is 0 Å². The molecular formula is C15H19FN2O. The lowest BCUT2D eigenvalue weighted by molar-refractivity contribution is 0.112. The molecule has 0 aliphatic carbocycles. The number of aldehydes is 1. The summed E-state index contributed by atoms with van der Waals surface area (Å²) in [4.78, 5) is 15.5. The molecule has 0 aromatic heterocycles. The lowest BCUT2D eigenvalue weighted by atomic mass is 10.1. The van der Waals surface area contributed by atoms with Gasteiger partial charge in [-0.3, -0.25) is 9.69 Å². The number of likely N-dealkylation sites (N-methyl/N-ethyl adjacent to an activating group) is 1.